The molecule has 2 aromatic heterocycles. The van der Waals surface area contributed by atoms with Crippen molar-refractivity contribution >= 4 is 17.4 Å². The first kappa shape index (κ1) is 19.8. The SMILES string of the molecule is Cc1nn(C)c(C)c1/C(O)=C1\C(=O)C(=O)N(CCN(C)C)[C@@H]1c1ccccn1. The van der Waals surface area contributed by atoms with Gasteiger partial charge in [0, 0.05) is 32.0 Å². The minimum Gasteiger partial charge on any atom is -0.507 e. The van der Waals surface area contributed by atoms with Gasteiger partial charge in [0.25, 0.3) is 11.7 Å². The maximum absolute atomic E-state index is 12.9. The fraction of sp³-hybridized carbons (Fsp3) is 0.400. The molecule has 0 aromatic carbocycles. The van der Waals surface area contributed by atoms with Crippen LogP contribution in [-0.2, 0) is 16.6 Å². The van der Waals surface area contributed by atoms with Crippen molar-refractivity contribution in [3.05, 3.63) is 52.6 Å². The number of pyridine rings is 1. The molecule has 0 saturated carbocycles. The Bertz CT molecular complexity index is 946. The average Bonchev–Trinajstić information content (AvgIpc) is 3.06. The maximum atomic E-state index is 12.9. The van der Waals surface area contributed by atoms with Crippen LogP contribution in [0.3, 0.4) is 0 Å². The molecule has 1 aliphatic heterocycles. The molecule has 1 amide bonds. The van der Waals surface area contributed by atoms with Crippen molar-refractivity contribution in [3.63, 3.8) is 0 Å². The molecule has 0 bridgehead atoms. The molecular formula is C20H25N5O3. The second kappa shape index (κ2) is 7.55. The Hall–Kier alpha value is -3.00. The van der Waals surface area contributed by atoms with Gasteiger partial charge >= 0.3 is 0 Å². The quantitative estimate of drug-likeness (QED) is 0.477. The van der Waals surface area contributed by atoms with Crippen molar-refractivity contribution in [1.29, 1.82) is 0 Å². The van der Waals surface area contributed by atoms with Gasteiger partial charge < -0.3 is 14.9 Å². The van der Waals surface area contributed by atoms with Crippen molar-refractivity contribution in [2.45, 2.75) is 19.9 Å². The lowest BCUT2D eigenvalue weighted by atomic mass is 9.97. The van der Waals surface area contributed by atoms with E-state index in [1.807, 2.05) is 25.9 Å². The fourth-order valence-corrected chi connectivity index (χ4v) is 3.51. The fourth-order valence-electron chi connectivity index (χ4n) is 3.51. The summed E-state index contributed by atoms with van der Waals surface area (Å²) in [5, 5.41) is 15.4. The summed E-state index contributed by atoms with van der Waals surface area (Å²) in [6, 6.07) is 4.59. The third kappa shape index (κ3) is 3.31. The molecule has 8 nitrogen and oxygen atoms in total. The normalized spacial score (nSPS) is 19.1. The van der Waals surface area contributed by atoms with Crippen LogP contribution in [0.25, 0.3) is 5.76 Å². The van der Waals surface area contributed by atoms with E-state index in [1.165, 1.54) is 4.90 Å². The Morgan fingerprint density at radius 1 is 1.25 bits per heavy atom. The molecule has 3 rings (SSSR count). The van der Waals surface area contributed by atoms with Gasteiger partial charge in [-0.3, -0.25) is 19.3 Å². The van der Waals surface area contributed by atoms with Crippen LogP contribution in [-0.4, -0.2) is 68.5 Å². The number of aromatic nitrogens is 3. The van der Waals surface area contributed by atoms with Crippen LogP contribution in [0, 0.1) is 13.8 Å². The summed E-state index contributed by atoms with van der Waals surface area (Å²) in [7, 11) is 5.56. The zero-order valence-electron chi connectivity index (χ0n) is 16.8. The van der Waals surface area contributed by atoms with Gasteiger partial charge in [-0.2, -0.15) is 5.10 Å². The van der Waals surface area contributed by atoms with Crippen LogP contribution in [0.4, 0.5) is 0 Å². The number of hydrogen-bond acceptors (Lipinski definition) is 6. The van der Waals surface area contributed by atoms with Gasteiger partial charge in [0.2, 0.25) is 0 Å². The van der Waals surface area contributed by atoms with E-state index < -0.39 is 17.7 Å². The number of carbonyl (C=O) groups is 2. The molecule has 148 valence electrons. The van der Waals surface area contributed by atoms with Crippen LogP contribution in [0.1, 0.15) is 28.7 Å². The van der Waals surface area contributed by atoms with Gasteiger partial charge in [-0.1, -0.05) is 6.07 Å². The van der Waals surface area contributed by atoms with Crippen LogP contribution in [0.15, 0.2) is 30.0 Å². The predicted molar refractivity (Wildman–Crippen MR) is 104 cm³/mol. The van der Waals surface area contributed by atoms with E-state index in [9.17, 15) is 14.7 Å². The Balaban J connectivity index is 2.19. The number of aryl methyl sites for hydroxylation is 2. The standard InChI is InChI=1S/C20H25N5O3/c1-12-15(13(2)24(5)22-12)18(26)16-17(14-8-6-7-9-21-14)25(11-10-23(3)4)20(28)19(16)27/h6-9,17,26H,10-11H2,1-5H3/b18-16+/t17-/m1/s1. The molecule has 2 aromatic rings. The summed E-state index contributed by atoms with van der Waals surface area (Å²) in [6.07, 6.45) is 1.61. The number of hydrogen-bond donors (Lipinski definition) is 1. The Morgan fingerprint density at radius 2 is 1.96 bits per heavy atom. The van der Waals surface area contributed by atoms with Crippen molar-refractivity contribution in [3.8, 4) is 0 Å². The molecule has 28 heavy (non-hydrogen) atoms. The number of amides is 1. The van der Waals surface area contributed by atoms with Crippen LogP contribution >= 0.6 is 0 Å². The third-order valence-corrected chi connectivity index (χ3v) is 5.04. The lowest BCUT2D eigenvalue weighted by Crippen LogP contribution is -2.35. The van der Waals surface area contributed by atoms with Crippen molar-refractivity contribution in [2.24, 2.45) is 7.05 Å². The largest absolute Gasteiger partial charge is 0.507 e. The smallest absolute Gasteiger partial charge is 0.295 e. The minimum atomic E-state index is -0.736. The molecule has 1 atom stereocenters. The molecule has 1 N–H and O–H groups in total. The van der Waals surface area contributed by atoms with Crippen LogP contribution < -0.4 is 0 Å². The minimum absolute atomic E-state index is 0.0571. The first-order valence-electron chi connectivity index (χ1n) is 9.08. The monoisotopic (exact) mass is 383 g/mol. The summed E-state index contributed by atoms with van der Waals surface area (Å²) in [5.41, 5.74) is 2.39. The molecule has 0 unspecified atom stereocenters. The van der Waals surface area contributed by atoms with Gasteiger partial charge in [0.15, 0.2) is 0 Å². The maximum Gasteiger partial charge on any atom is 0.295 e. The molecule has 0 radical (unpaired) electrons. The first-order chi connectivity index (χ1) is 13.2. The second-order valence-electron chi connectivity index (χ2n) is 7.22. The number of likely N-dealkylation sites (N-methyl/N-ethyl adjacent to an activating group) is 1. The number of carbonyl (C=O) groups excluding carboxylic acids is 2. The number of ketones is 1. The third-order valence-electron chi connectivity index (χ3n) is 5.04. The molecule has 1 aliphatic rings. The van der Waals surface area contributed by atoms with Crippen LogP contribution in [0.2, 0.25) is 0 Å². The highest BCUT2D eigenvalue weighted by atomic mass is 16.3. The van der Waals surface area contributed by atoms with E-state index in [1.54, 1.807) is 43.0 Å². The van der Waals surface area contributed by atoms with E-state index in [0.29, 0.717) is 35.7 Å². The predicted octanol–water partition coefficient (Wildman–Crippen LogP) is 1.42. The summed E-state index contributed by atoms with van der Waals surface area (Å²) in [6.45, 7) is 4.51. The first-order valence-corrected chi connectivity index (χ1v) is 9.08. The molecule has 3 heterocycles. The lowest BCUT2D eigenvalue weighted by molar-refractivity contribution is -0.140. The molecule has 0 spiro atoms. The van der Waals surface area contributed by atoms with Crippen molar-refractivity contribution < 1.29 is 14.7 Å². The Morgan fingerprint density at radius 3 is 2.50 bits per heavy atom. The zero-order valence-corrected chi connectivity index (χ0v) is 16.8. The van der Waals surface area contributed by atoms with Gasteiger partial charge in [0.05, 0.1) is 22.5 Å². The number of likely N-dealkylation sites (tertiary alicyclic amines) is 1. The summed E-state index contributed by atoms with van der Waals surface area (Å²) >= 11 is 0. The summed E-state index contributed by atoms with van der Waals surface area (Å²) in [4.78, 5) is 33.5. The van der Waals surface area contributed by atoms with E-state index >= 15 is 0 Å². The van der Waals surface area contributed by atoms with Gasteiger partial charge in [-0.25, -0.2) is 0 Å². The number of rotatable bonds is 5. The van der Waals surface area contributed by atoms with Gasteiger partial charge in [-0.15, -0.1) is 0 Å². The number of aliphatic hydroxyl groups is 1. The summed E-state index contributed by atoms with van der Waals surface area (Å²) < 4.78 is 1.64. The van der Waals surface area contributed by atoms with E-state index in [0.717, 1.165) is 0 Å². The van der Waals surface area contributed by atoms with Crippen molar-refractivity contribution in [1.82, 2.24) is 24.6 Å². The van der Waals surface area contributed by atoms with E-state index in [2.05, 4.69) is 10.1 Å². The highest BCUT2D eigenvalue weighted by Gasteiger charge is 2.47. The Labute approximate surface area is 164 Å². The van der Waals surface area contributed by atoms with Gasteiger partial charge in [0.1, 0.15) is 11.8 Å². The molecule has 0 aliphatic carbocycles. The second-order valence-corrected chi connectivity index (χ2v) is 7.22. The Kier molecular flexibility index (Phi) is 5.33. The lowest BCUT2D eigenvalue weighted by Gasteiger charge is -2.25. The number of nitrogens with zero attached hydrogens (tertiary/aromatic N) is 5. The number of Topliss-reactive ketones (excluding diaryl/α,β-unsaturated/α-hetero) is 1. The number of aliphatic hydroxyl groups excluding tert-OH is 1. The van der Waals surface area contributed by atoms with E-state index in [-0.39, 0.29) is 11.3 Å². The zero-order chi connectivity index (χ0) is 20.6. The van der Waals surface area contributed by atoms with Crippen molar-refractivity contribution in [2.75, 3.05) is 27.2 Å². The molecular weight excluding hydrogens is 358 g/mol. The highest BCUT2D eigenvalue weighted by Crippen LogP contribution is 2.39. The highest BCUT2D eigenvalue weighted by molar-refractivity contribution is 6.46. The van der Waals surface area contributed by atoms with Gasteiger partial charge in [-0.05, 0) is 40.1 Å². The molecule has 1 saturated heterocycles. The molecule has 1 fully saturated rings. The topological polar surface area (TPSA) is 91.6 Å². The summed E-state index contributed by atoms with van der Waals surface area (Å²) in [5.74, 6) is -1.53. The van der Waals surface area contributed by atoms with Crippen LogP contribution in [0.5, 0.6) is 0 Å². The van der Waals surface area contributed by atoms with E-state index in [4.69, 9.17) is 0 Å². The molecule has 8 heteroatoms. The average molecular weight is 383 g/mol.